The number of hydrogen-bond donors (Lipinski definition) is 3. The van der Waals surface area contributed by atoms with E-state index in [1.54, 1.807) is 0 Å². The first-order chi connectivity index (χ1) is 26.2. The van der Waals surface area contributed by atoms with E-state index in [1.807, 2.05) is 18.2 Å². The van der Waals surface area contributed by atoms with Crippen molar-refractivity contribution in [2.24, 2.45) is 10.8 Å². The van der Waals surface area contributed by atoms with Gasteiger partial charge in [0.1, 0.15) is 6.54 Å². The van der Waals surface area contributed by atoms with E-state index in [2.05, 4.69) is 105 Å². The molecule has 3 N–H and O–H groups in total. The maximum Gasteiger partial charge on any atom is 0.303 e. The molecule has 2 aliphatic carbocycles. The number of hydrogen-bond acceptors (Lipinski definition) is 6. The summed E-state index contributed by atoms with van der Waals surface area (Å²) in [6.45, 7) is 12.7. The molecule has 0 bridgehead atoms. The summed E-state index contributed by atoms with van der Waals surface area (Å²) >= 11 is 0. The Morgan fingerprint density at radius 2 is 1.45 bits per heavy atom. The standard InChI is InChI=1S/C44H56N2O8S2/c1-41(2)30-32(28-38-43(41,4)34-18-6-8-20-36(34)45(38)24-10-12-26-55(49,50)51)16-14-17-33-29-39-44(5,42(3,31-33)23-15-22-40(47)48)35-19-7-9-21-37(35)46(39)25-11-13-27-56(52,53)54/h6-9,14,16-21,28-29H,10-13,15,22-27,30-31H2,1-5H3,(H2-,47,48,49,50,51,52,53,54)/p+1. The summed E-state index contributed by atoms with van der Waals surface area (Å²) in [6.07, 6.45) is 15.8. The van der Waals surface area contributed by atoms with Gasteiger partial charge in [-0.05, 0) is 98.5 Å². The minimum atomic E-state index is -4.06. The van der Waals surface area contributed by atoms with Crippen molar-refractivity contribution in [2.45, 2.75) is 103 Å². The number of fused-ring (bicyclic) bond motifs is 6. The maximum absolute atomic E-state index is 11.7. The van der Waals surface area contributed by atoms with Crippen molar-refractivity contribution in [3.63, 3.8) is 0 Å². The number of para-hydroxylation sites is 2. The highest BCUT2D eigenvalue weighted by molar-refractivity contribution is 7.86. The number of benzene rings is 2. The molecule has 12 heteroatoms. The van der Waals surface area contributed by atoms with Crippen LogP contribution in [0.2, 0.25) is 0 Å². The molecule has 3 unspecified atom stereocenters. The molecule has 0 saturated carbocycles. The van der Waals surface area contributed by atoms with Gasteiger partial charge >= 0.3 is 5.97 Å². The second kappa shape index (κ2) is 15.5. The summed E-state index contributed by atoms with van der Waals surface area (Å²) in [6, 6.07) is 16.8. The monoisotopic (exact) mass is 805 g/mol. The summed E-state index contributed by atoms with van der Waals surface area (Å²) in [5.41, 5.74) is 8.12. The largest absolute Gasteiger partial charge is 0.481 e. The van der Waals surface area contributed by atoms with Crippen LogP contribution in [0, 0.1) is 10.8 Å². The minimum absolute atomic E-state index is 0.0910. The van der Waals surface area contributed by atoms with Crippen LogP contribution in [0.4, 0.5) is 11.4 Å². The Morgan fingerprint density at radius 3 is 2.12 bits per heavy atom. The van der Waals surface area contributed by atoms with E-state index in [0.717, 1.165) is 35.5 Å². The third-order valence-electron chi connectivity index (χ3n) is 13.3. The molecule has 302 valence electrons. The maximum atomic E-state index is 11.7. The zero-order chi connectivity index (χ0) is 40.7. The van der Waals surface area contributed by atoms with Gasteiger partial charge in [-0.25, -0.2) is 0 Å². The lowest BCUT2D eigenvalue weighted by molar-refractivity contribution is -0.438. The van der Waals surface area contributed by atoms with E-state index in [4.69, 9.17) is 0 Å². The lowest BCUT2D eigenvalue weighted by Crippen LogP contribution is -2.49. The van der Waals surface area contributed by atoms with E-state index in [1.165, 1.54) is 22.4 Å². The molecule has 0 fully saturated rings. The topological polar surface area (TPSA) is 152 Å². The number of carboxylic acid groups (broad SMARTS) is 1. The molecule has 0 aromatic heterocycles. The smallest absolute Gasteiger partial charge is 0.303 e. The number of aliphatic carboxylic acids is 1. The Labute approximate surface area is 332 Å². The zero-order valence-corrected chi connectivity index (χ0v) is 34.9. The van der Waals surface area contributed by atoms with Crippen molar-refractivity contribution in [3.8, 4) is 0 Å². The molecule has 0 radical (unpaired) electrons. The van der Waals surface area contributed by atoms with E-state index >= 15 is 0 Å². The van der Waals surface area contributed by atoms with Gasteiger partial charge in [-0.3, -0.25) is 13.9 Å². The van der Waals surface area contributed by atoms with E-state index in [0.29, 0.717) is 51.6 Å². The highest BCUT2D eigenvalue weighted by atomic mass is 32.2. The summed E-state index contributed by atoms with van der Waals surface area (Å²) in [5.74, 6) is -1.36. The van der Waals surface area contributed by atoms with Gasteiger partial charge in [-0.15, -0.1) is 0 Å². The van der Waals surface area contributed by atoms with Crippen LogP contribution in [0.3, 0.4) is 0 Å². The number of nitrogens with zero attached hydrogens (tertiary/aromatic N) is 2. The fourth-order valence-corrected chi connectivity index (χ4v) is 11.1. The fourth-order valence-electron chi connectivity index (χ4n) is 9.96. The van der Waals surface area contributed by atoms with Crippen LogP contribution in [-0.2, 0) is 35.9 Å². The molecule has 2 heterocycles. The van der Waals surface area contributed by atoms with Gasteiger partial charge in [0, 0.05) is 53.9 Å². The van der Waals surface area contributed by atoms with Crippen molar-refractivity contribution in [1.29, 1.82) is 0 Å². The summed E-state index contributed by atoms with van der Waals surface area (Å²) in [5, 5.41) is 9.57. The van der Waals surface area contributed by atoms with Crippen LogP contribution in [0.15, 0.2) is 95.8 Å². The normalized spacial score (nSPS) is 26.2. The Morgan fingerprint density at radius 1 is 0.804 bits per heavy atom. The molecule has 6 rings (SSSR count). The van der Waals surface area contributed by atoms with E-state index < -0.39 is 31.6 Å². The Bertz CT molecular complexity index is 2270. The molecule has 2 aromatic carbocycles. The number of anilines is 1. The van der Waals surface area contributed by atoms with Gasteiger partial charge in [0.05, 0.1) is 16.9 Å². The van der Waals surface area contributed by atoms with Crippen molar-refractivity contribution in [1.82, 2.24) is 0 Å². The number of allylic oxidation sites excluding steroid dienone is 8. The lowest BCUT2D eigenvalue weighted by atomic mass is 9.53. The molecule has 56 heavy (non-hydrogen) atoms. The molecule has 0 spiro atoms. The van der Waals surface area contributed by atoms with Crippen molar-refractivity contribution in [2.75, 3.05) is 29.5 Å². The van der Waals surface area contributed by atoms with Crippen molar-refractivity contribution < 1.29 is 40.4 Å². The summed E-state index contributed by atoms with van der Waals surface area (Å²) in [7, 11) is -8.08. The Balaban J connectivity index is 1.36. The predicted molar refractivity (Wildman–Crippen MR) is 222 cm³/mol. The van der Waals surface area contributed by atoms with Gasteiger partial charge in [0.2, 0.25) is 5.69 Å². The van der Waals surface area contributed by atoms with Gasteiger partial charge in [-0.2, -0.15) is 21.4 Å². The van der Waals surface area contributed by atoms with Gasteiger partial charge in [0.15, 0.2) is 5.71 Å². The highest BCUT2D eigenvalue weighted by Crippen LogP contribution is 2.61. The molecular weight excluding hydrogens is 749 g/mol. The first-order valence-corrected chi connectivity index (χ1v) is 23.0. The SMILES string of the molecule is CC1(C)C/C(=C\C=C\C2=CC3=[N+](CCCCS(=O)(=O)O)c4ccccc4C3(C)C(C)(CCCC(=O)O)C2)C=C2N(CCCCS(=O)(=O)O)c3ccccc3C21C. The minimum Gasteiger partial charge on any atom is -0.481 e. The summed E-state index contributed by atoms with van der Waals surface area (Å²) < 4.78 is 66.8. The third-order valence-corrected chi connectivity index (χ3v) is 14.9. The van der Waals surface area contributed by atoms with Crippen LogP contribution in [0.25, 0.3) is 0 Å². The van der Waals surface area contributed by atoms with Crippen molar-refractivity contribution in [3.05, 3.63) is 107 Å². The van der Waals surface area contributed by atoms with Gasteiger partial charge in [-0.1, -0.05) is 75.4 Å². The lowest BCUT2D eigenvalue weighted by Gasteiger charge is -2.47. The molecule has 2 aromatic rings. The predicted octanol–water partition coefficient (Wildman–Crippen LogP) is 8.54. The second-order valence-corrected chi connectivity index (χ2v) is 20.5. The second-order valence-electron chi connectivity index (χ2n) is 17.4. The zero-order valence-electron chi connectivity index (χ0n) is 33.3. The summed E-state index contributed by atoms with van der Waals surface area (Å²) in [4.78, 5) is 14.0. The van der Waals surface area contributed by atoms with Crippen LogP contribution in [0.1, 0.15) is 104 Å². The highest BCUT2D eigenvalue weighted by Gasteiger charge is 2.60. The molecule has 0 amide bonds. The fraction of sp³-hybridized carbons (Fsp3) is 0.500. The van der Waals surface area contributed by atoms with Crippen LogP contribution < -0.4 is 4.90 Å². The van der Waals surface area contributed by atoms with Gasteiger partial charge in [0.25, 0.3) is 20.2 Å². The number of unbranched alkanes of at least 4 members (excludes halogenated alkanes) is 2. The first-order valence-electron chi connectivity index (χ1n) is 19.7. The van der Waals surface area contributed by atoms with E-state index in [9.17, 15) is 35.8 Å². The molecule has 0 saturated heterocycles. The Kier molecular flexibility index (Phi) is 11.6. The number of carboxylic acids is 1. The molecule has 2 aliphatic heterocycles. The molecule has 4 aliphatic rings. The molecular formula is C44H57N2O8S2+. The quantitative estimate of drug-likeness (QED) is 0.0861. The van der Waals surface area contributed by atoms with Crippen molar-refractivity contribution >= 4 is 43.3 Å². The van der Waals surface area contributed by atoms with Crippen LogP contribution >= 0.6 is 0 Å². The Hall–Kier alpha value is -3.84. The average molecular weight is 806 g/mol. The van der Waals surface area contributed by atoms with Crippen LogP contribution in [0.5, 0.6) is 0 Å². The number of rotatable bonds is 16. The molecule has 10 nitrogen and oxygen atoms in total. The third kappa shape index (κ3) is 7.99. The van der Waals surface area contributed by atoms with Gasteiger partial charge < -0.3 is 10.0 Å². The van der Waals surface area contributed by atoms with Crippen LogP contribution in [-0.4, -0.2) is 71.9 Å². The number of carbonyl (C=O) groups is 1. The first kappa shape index (κ1) is 41.8. The average Bonchev–Trinajstić information content (AvgIpc) is 3.50. The van der Waals surface area contributed by atoms with E-state index in [-0.39, 0.29) is 34.2 Å². The molecule has 3 atom stereocenters.